The fourth-order valence-electron chi connectivity index (χ4n) is 4.27. The number of hydrogen-bond donors (Lipinski definition) is 2. The summed E-state index contributed by atoms with van der Waals surface area (Å²) in [7, 11) is 2.15. The average Bonchev–Trinajstić information content (AvgIpc) is 3.28. The van der Waals surface area contributed by atoms with E-state index in [1.54, 1.807) is 0 Å². The van der Waals surface area contributed by atoms with Crippen molar-refractivity contribution in [3.05, 3.63) is 67.4 Å². The first-order valence-electron chi connectivity index (χ1n) is 11.1. The van der Waals surface area contributed by atoms with Gasteiger partial charge in [-0.2, -0.15) is 4.98 Å². The van der Waals surface area contributed by atoms with Crippen LogP contribution in [-0.2, 0) is 0 Å². The Morgan fingerprint density at radius 3 is 2.67 bits per heavy atom. The normalized spacial score (nSPS) is 14.8. The molecular weight excluding hydrogens is 412 g/mol. The summed E-state index contributed by atoms with van der Waals surface area (Å²) < 4.78 is 0. The van der Waals surface area contributed by atoms with Crippen LogP contribution in [0.15, 0.2) is 67.4 Å². The van der Waals surface area contributed by atoms with Gasteiger partial charge in [0, 0.05) is 67.3 Å². The third-order valence-corrected chi connectivity index (χ3v) is 6.22. The van der Waals surface area contributed by atoms with Gasteiger partial charge in [-0.05, 0) is 42.3 Å². The standard InChI is InChI=1S/C25H24N8/c1-32-8-10-33(11-9-32)23-5-4-20(14-27-23)30-25-29-16-22-21(15-28-24(22)31-25)18-2-3-19-13-26-7-6-17(19)12-18/h2-7,12-16H,8-11H2,1H3,(H2,28,29,30,31). The highest BCUT2D eigenvalue weighted by atomic mass is 15.3. The van der Waals surface area contributed by atoms with Gasteiger partial charge in [-0.25, -0.2) is 9.97 Å². The number of aromatic nitrogens is 5. The number of piperazine rings is 1. The summed E-state index contributed by atoms with van der Waals surface area (Å²) in [4.78, 5) is 26.0. The first-order valence-corrected chi connectivity index (χ1v) is 11.1. The number of aromatic amines is 1. The van der Waals surface area contributed by atoms with Crippen molar-refractivity contribution >= 4 is 39.3 Å². The van der Waals surface area contributed by atoms with Crippen LogP contribution in [0, 0.1) is 0 Å². The molecule has 0 amide bonds. The lowest BCUT2D eigenvalue weighted by Crippen LogP contribution is -2.44. The highest BCUT2D eigenvalue weighted by molar-refractivity contribution is 5.96. The Bertz CT molecular complexity index is 1420. The first-order chi connectivity index (χ1) is 16.2. The molecule has 1 saturated heterocycles. The molecule has 8 heteroatoms. The van der Waals surface area contributed by atoms with Crippen LogP contribution < -0.4 is 10.2 Å². The van der Waals surface area contributed by atoms with Crippen LogP contribution in [0.5, 0.6) is 0 Å². The van der Waals surface area contributed by atoms with Crippen molar-refractivity contribution in [1.82, 2.24) is 29.8 Å². The molecule has 1 aliphatic heterocycles. The van der Waals surface area contributed by atoms with Crippen molar-refractivity contribution in [3.63, 3.8) is 0 Å². The summed E-state index contributed by atoms with van der Waals surface area (Å²) in [5, 5.41) is 6.53. The molecule has 1 fully saturated rings. The highest BCUT2D eigenvalue weighted by Crippen LogP contribution is 2.30. The zero-order valence-electron chi connectivity index (χ0n) is 18.4. The van der Waals surface area contributed by atoms with Gasteiger partial charge >= 0.3 is 0 Å². The highest BCUT2D eigenvalue weighted by Gasteiger charge is 2.15. The second-order valence-corrected chi connectivity index (χ2v) is 8.42. The molecule has 33 heavy (non-hydrogen) atoms. The van der Waals surface area contributed by atoms with Crippen molar-refractivity contribution in [2.75, 3.05) is 43.4 Å². The van der Waals surface area contributed by atoms with Crippen molar-refractivity contribution in [1.29, 1.82) is 0 Å². The van der Waals surface area contributed by atoms with Gasteiger partial charge in [0.2, 0.25) is 5.95 Å². The number of pyridine rings is 2. The van der Waals surface area contributed by atoms with Crippen molar-refractivity contribution in [3.8, 4) is 11.1 Å². The van der Waals surface area contributed by atoms with Crippen LogP contribution in [0.4, 0.5) is 17.5 Å². The molecule has 0 saturated carbocycles. The van der Waals surface area contributed by atoms with Gasteiger partial charge in [0.1, 0.15) is 11.5 Å². The lowest BCUT2D eigenvalue weighted by Gasteiger charge is -2.33. The van der Waals surface area contributed by atoms with Gasteiger partial charge in [-0.3, -0.25) is 4.98 Å². The molecule has 0 spiro atoms. The molecule has 5 heterocycles. The van der Waals surface area contributed by atoms with Crippen LogP contribution in [-0.4, -0.2) is 63.0 Å². The Morgan fingerprint density at radius 2 is 1.82 bits per heavy atom. The predicted octanol–water partition coefficient (Wildman–Crippen LogP) is 4.06. The molecule has 164 valence electrons. The number of H-pyrrole nitrogens is 1. The zero-order chi connectivity index (χ0) is 22.2. The van der Waals surface area contributed by atoms with E-state index in [0.717, 1.165) is 70.6 Å². The number of rotatable bonds is 4. The molecule has 0 radical (unpaired) electrons. The van der Waals surface area contributed by atoms with Gasteiger partial charge in [0.05, 0.1) is 11.9 Å². The molecule has 0 bridgehead atoms. The van der Waals surface area contributed by atoms with Crippen molar-refractivity contribution in [2.24, 2.45) is 0 Å². The number of benzene rings is 1. The average molecular weight is 437 g/mol. The molecule has 6 rings (SSSR count). The molecule has 5 aromatic rings. The minimum Gasteiger partial charge on any atom is -0.354 e. The molecule has 0 unspecified atom stereocenters. The van der Waals surface area contributed by atoms with Gasteiger partial charge in [-0.1, -0.05) is 12.1 Å². The third kappa shape index (κ3) is 3.85. The summed E-state index contributed by atoms with van der Waals surface area (Å²) >= 11 is 0. The Labute approximate surface area is 191 Å². The molecule has 2 N–H and O–H groups in total. The summed E-state index contributed by atoms with van der Waals surface area (Å²) in [5.41, 5.74) is 3.85. The van der Waals surface area contributed by atoms with E-state index in [4.69, 9.17) is 0 Å². The second-order valence-electron chi connectivity index (χ2n) is 8.42. The Hall–Kier alpha value is -4.04. The van der Waals surface area contributed by atoms with Gasteiger partial charge < -0.3 is 20.1 Å². The monoisotopic (exact) mass is 436 g/mol. The van der Waals surface area contributed by atoms with Crippen molar-refractivity contribution < 1.29 is 0 Å². The number of anilines is 3. The molecule has 4 aromatic heterocycles. The number of fused-ring (bicyclic) bond motifs is 2. The maximum absolute atomic E-state index is 4.67. The first kappa shape index (κ1) is 19.6. The fourth-order valence-corrected chi connectivity index (χ4v) is 4.27. The zero-order valence-corrected chi connectivity index (χ0v) is 18.4. The van der Waals surface area contributed by atoms with E-state index in [-0.39, 0.29) is 0 Å². The topological polar surface area (TPSA) is 85.9 Å². The van der Waals surface area contributed by atoms with Crippen LogP contribution >= 0.6 is 0 Å². The Morgan fingerprint density at radius 1 is 0.909 bits per heavy atom. The van der Waals surface area contributed by atoms with E-state index in [1.165, 1.54) is 0 Å². The molecular formula is C25H24N8. The minimum absolute atomic E-state index is 0.537. The Balaban J connectivity index is 1.22. The van der Waals surface area contributed by atoms with Gasteiger partial charge in [0.15, 0.2) is 0 Å². The minimum atomic E-state index is 0.537. The summed E-state index contributed by atoms with van der Waals surface area (Å²) in [6.45, 7) is 4.12. The summed E-state index contributed by atoms with van der Waals surface area (Å²) in [6, 6.07) is 12.5. The second kappa shape index (κ2) is 8.14. The predicted molar refractivity (Wildman–Crippen MR) is 132 cm³/mol. The summed E-state index contributed by atoms with van der Waals surface area (Å²) in [5.74, 6) is 1.54. The molecule has 8 nitrogen and oxygen atoms in total. The quantitative estimate of drug-likeness (QED) is 0.439. The SMILES string of the molecule is CN1CCN(c2ccc(Nc3ncc4c(-c5ccc6cnccc6c5)c[nH]c4n3)cn2)CC1. The Kier molecular flexibility index (Phi) is 4.84. The van der Waals surface area contributed by atoms with E-state index in [2.05, 4.69) is 65.3 Å². The fraction of sp³-hybridized carbons (Fsp3) is 0.200. The van der Waals surface area contributed by atoms with Gasteiger partial charge in [0.25, 0.3) is 0 Å². The maximum Gasteiger partial charge on any atom is 0.229 e. The molecule has 1 aromatic carbocycles. The smallest absolute Gasteiger partial charge is 0.229 e. The lowest BCUT2D eigenvalue weighted by atomic mass is 10.0. The van der Waals surface area contributed by atoms with Gasteiger partial charge in [-0.15, -0.1) is 0 Å². The molecule has 1 aliphatic rings. The number of nitrogens with one attached hydrogen (secondary N) is 2. The number of likely N-dealkylation sites (N-methyl/N-ethyl adjacent to an activating group) is 1. The maximum atomic E-state index is 4.67. The lowest BCUT2D eigenvalue weighted by molar-refractivity contribution is 0.312. The molecule has 0 aliphatic carbocycles. The van der Waals surface area contributed by atoms with E-state index < -0.39 is 0 Å². The van der Waals surface area contributed by atoms with Crippen LogP contribution in [0.2, 0.25) is 0 Å². The van der Waals surface area contributed by atoms with E-state index >= 15 is 0 Å². The largest absolute Gasteiger partial charge is 0.354 e. The van der Waals surface area contributed by atoms with Crippen LogP contribution in [0.25, 0.3) is 32.9 Å². The number of nitrogens with zero attached hydrogens (tertiary/aromatic N) is 6. The summed E-state index contributed by atoms with van der Waals surface area (Å²) in [6.07, 6.45) is 9.37. The molecule has 0 atom stereocenters. The van der Waals surface area contributed by atoms with Crippen LogP contribution in [0.3, 0.4) is 0 Å². The number of hydrogen-bond acceptors (Lipinski definition) is 7. The third-order valence-electron chi connectivity index (χ3n) is 6.22. The van der Waals surface area contributed by atoms with E-state index in [0.29, 0.717) is 5.95 Å². The van der Waals surface area contributed by atoms with E-state index in [1.807, 2.05) is 49.2 Å². The van der Waals surface area contributed by atoms with E-state index in [9.17, 15) is 0 Å². The van der Waals surface area contributed by atoms with Crippen molar-refractivity contribution in [2.45, 2.75) is 0 Å². The van der Waals surface area contributed by atoms with Crippen LogP contribution in [0.1, 0.15) is 0 Å².